The van der Waals surface area contributed by atoms with Gasteiger partial charge in [0.25, 0.3) is 0 Å². The standard InChI is InChI=1S/C6H10BrP/c1-5-3-8(7)4-6(5)2/h3,6H,4H2,1-2H3. The van der Waals surface area contributed by atoms with Crippen LogP contribution in [-0.2, 0) is 0 Å². The summed E-state index contributed by atoms with van der Waals surface area (Å²) in [4.78, 5) is 0. The lowest BCUT2D eigenvalue weighted by molar-refractivity contribution is 0.796. The van der Waals surface area contributed by atoms with Crippen LogP contribution in [0.1, 0.15) is 13.8 Å². The van der Waals surface area contributed by atoms with Crippen molar-refractivity contribution in [2.24, 2.45) is 5.92 Å². The van der Waals surface area contributed by atoms with Gasteiger partial charge in [-0.1, -0.05) is 33.8 Å². The van der Waals surface area contributed by atoms with Gasteiger partial charge in [0.1, 0.15) is 0 Å². The van der Waals surface area contributed by atoms with Crippen LogP contribution in [0.2, 0.25) is 0 Å². The van der Waals surface area contributed by atoms with Gasteiger partial charge in [-0.2, -0.15) is 0 Å². The first-order chi connectivity index (χ1) is 3.70. The Bertz CT molecular complexity index is 120. The number of rotatable bonds is 0. The van der Waals surface area contributed by atoms with Gasteiger partial charge < -0.3 is 0 Å². The molecule has 1 aliphatic heterocycles. The van der Waals surface area contributed by atoms with Crippen LogP contribution >= 0.6 is 22.1 Å². The number of hydrogen-bond donors (Lipinski definition) is 0. The molecule has 0 bridgehead atoms. The zero-order valence-electron chi connectivity index (χ0n) is 5.19. The first-order valence-electron chi connectivity index (χ1n) is 2.81. The summed E-state index contributed by atoms with van der Waals surface area (Å²) >= 11 is 3.61. The highest BCUT2D eigenvalue weighted by molar-refractivity contribution is 9.39. The zero-order valence-corrected chi connectivity index (χ0v) is 7.67. The normalized spacial score (nSPS) is 37.6. The second-order valence-electron chi connectivity index (χ2n) is 2.36. The molecule has 0 saturated heterocycles. The minimum Gasteiger partial charge on any atom is -0.0688 e. The van der Waals surface area contributed by atoms with E-state index in [0.29, 0.717) is 0 Å². The Morgan fingerprint density at radius 3 is 2.62 bits per heavy atom. The summed E-state index contributed by atoms with van der Waals surface area (Å²) in [5.41, 5.74) is 1.56. The Kier molecular flexibility index (Phi) is 2.11. The molecule has 0 aromatic carbocycles. The van der Waals surface area contributed by atoms with Gasteiger partial charge in [0.15, 0.2) is 0 Å². The van der Waals surface area contributed by atoms with Crippen molar-refractivity contribution >= 4 is 22.1 Å². The summed E-state index contributed by atoms with van der Waals surface area (Å²) in [5.74, 6) is 3.19. The van der Waals surface area contributed by atoms with Crippen LogP contribution in [-0.4, -0.2) is 6.16 Å². The molecule has 8 heavy (non-hydrogen) atoms. The molecule has 1 rings (SSSR count). The summed E-state index contributed by atoms with van der Waals surface area (Å²) in [5, 5.41) is 0. The smallest absolute Gasteiger partial charge is 0.0114 e. The molecule has 1 aliphatic rings. The largest absolute Gasteiger partial charge is 0.0688 e. The molecule has 0 aromatic heterocycles. The lowest BCUT2D eigenvalue weighted by atomic mass is 10.1. The van der Waals surface area contributed by atoms with Gasteiger partial charge in [0.2, 0.25) is 0 Å². The maximum atomic E-state index is 3.61. The lowest BCUT2D eigenvalue weighted by Gasteiger charge is -2.00. The minimum atomic E-state index is 0.107. The summed E-state index contributed by atoms with van der Waals surface area (Å²) in [7, 11) is 0. The van der Waals surface area contributed by atoms with Crippen molar-refractivity contribution in [3.05, 3.63) is 11.4 Å². The van der Waals surface area contributed by atoms with Gasteiger partial charge in [0, 0.05) is 0 Å². The molecular weight excluding hydrogens is 183 g/mol. The fourth-order valence-electron chi connectivity index (χ4n) is 0.807. The lowest BCUT2D eigenvalue weighted by Crippen LogP contribution is -1.91. The van der Waals surface area contributed by atoms with E-state index in [4.69, 9.17) is 0 Å². The first kappa shape index (κ1) is 6.77. The monoisotopic (exact) mass is 192 g/mol. The topological polar surface area (TPSA) is 0 Å². The molecule has 1 heterocycles. The zero-order chi connectivity index (χ0) is 6.15. The third kappa shape index (κ3) is 1.33. The van der Waals surface area contributed by atoms with E-state index in [0.717, 1.165) is 5.92 Å². The van der Waals surface area contributed by atoms with E-state index in [2.05, 4.69) is 35.2 Å². The maximum Gasteiger partial charge on any atom is -0.0114 e. The van der Waals surface area contributed by atoms with E-state index in [-0.39, 0.29) is 6.62 Å². The molecule has 46 valence electrons. The molecule has 0 N–H and O–H groups in total. The summed E-state index contributed by atoms with van der Waals surface area (Å²) < 4.78 is 0. The fraction of sp³-hybridized carbons (Fsp3) is 0.667. The highest BCUT2D eigenvalue weighted by Gasteiger charge is 2.16. The van der Waals surface area contributed by atoms with Crippen LogP contribution in [0.25, 0.3) is 0 Å². The molecule has 0 aromatic rings. The summed E-state index contributed by atoms with van der Waals surface area (Å²) in [6.07, 6.45) is 1.35. The van der Waals surface area contributed by atoms with Gasteiger partial charge in [0.05, 0.1) is 0 Å². The van der Waals surface area contributed by atoms with E-state index in [1.54, 1.807) is 5.57 Å². The summed E-state index contributed by atoms with van der Waals surface area (Å²) in [6.45, 7) is 4.61. The Hall–Kier alpha value is 0.650. The summed E-state index contributed by atoms with van der Waals surface area (Å²) in [6, 6.07) is 0. The Labute approximate surface area is 59.8 Å². The predicted octanol–water partition coefficient (Wildman–Crippen LogP) is 3.33. The molecule has 0 aliphatic carbocycles. The van der Waals surface area contributed by atoms with Crippen molar-refractivity contribution in [2.45, 2.75) is 13.8 Å². The molecule has 0 saturated carbocycles. The van der Waals surface area contributed by atoms with Crippen LogP contribution in [0.5, 0.6) is 0 Å². The van der Waals surface area contributed by atoms with Gasteiger partial charge in [-0.3, -0.25) is 0 Å². The first-order valence-corrected chi connectivity index (χ1v) is 6.42. The third-order valence-corrected chi connectivity index (χ3v) is 4.64. The molecule has 0 amide bonds. The second kappa shape index (κ2) is 2.49. The maximum absolute atomic E-state index is 3.61. The average Bonchev–Trinajstić information content (AvgIpc) is 1.85. The quantitative estimate of drug-likeness (QED) is 0.517. The van der Waals surface area contributed by atoms with E-state index < -0.39 is 0 Å². The molecule has 0 spiro atoms. The predicted molar refractivity (Wildman–Crippen MR) is 43.6 cm³/mol. The number of hydrogen-bond acceptors (Lipinski definition) is 0. The van der Waals surface area contributed by atoms with Crippen LogP contribution in [0, 0.1) is 5.92 Å². The third-order valence-electron chi connectivity index (χ3n) is 1.57. The van der Waals surface area contributed by atoms with E-state index in [1.165, 1.54) is 6.16 Å². The molecule has 2 unspecified atom stereocenters. The van der Waals surface area contributed by atoms with Crippen LogP contribution < -0.4 is 0 Å². The molecule has 0 fully saturated rings. The Morgan fingerprint density at radius 2 is 2.50 bits per heavy atom. The van der Waals surface area contributed by atoms with Crippen LogP contribution in [0.3, 0.4) is 0 Å². The van der Waals surface area contributed by atoms with Crippen LogP contribution in [0.4, 0.5) is 0 Å². The van der Waals surface area contributed by atoms with E-state index in [1.807, 2.05) is 0 Å². The average molecular weight is 193 g/mol. The van der Waals surface area contributed by atoms with Crippen molar-refractivity contribution in [1.82, 2.24) is 0 Å². The van der Waals surface area contributed by atoms with E-state index >= 15 is 0 Å². The number of allylic oxidation sites excluding steroid dienone is 1. The Balaban J connectivity index is 2.59. The van der Waals surface area contributed by atoms with Gasteiger partial charge in [-0.25, -0.2) is 0 Å². The second-order valence-corrected chi connectivity index (χ2v) is 6.51. The number of halogens is 1. The Morgan fingerprint density at radius 1 is 1.88 bits per heavy atom. The molecule has 0 radical (unpaired) electrons. The SMILES string of the molecule is CC1=CP(Br)CC1C. The molecule has 2 atom stereocenters. The van der Waals surface area contributed by atoms with Gasteiger partial charge >= 0.3 is 0 Å². The van der Waals surface area contributed by atoms with E-state index in [9.17, 15) is 0 Å². The van der Waals surface area contributed by atoms with Crippen molar-refractivity contribution in [3.63, 3.8) is 0 Å². The molecule has 2 heteroatoms. The molecular formula is C6H10BrP. The van der Waals surface area contributed by atoms with Crippen LogP contribution in [0.15, 0.2) is 11.4 Å². The van der Waals surface area contributed by atoms with Crippen molar-refractivity contribution in [1.29, 1.82) is 0 Å². The van der Waals surface area contributed by atoms with Gasteiger partial charge in [-0.05, 0) is 25.6 Å². The van der Waals surface area contributed by atoms with Gasteiger partial charge in [-0.15, -0.1) is 0 Å². The van der Waals surface area contributed by atoms with Crippen molar-refractivity contribution < 1.29 is 0 Å². The fourth-order valence-corrected chi connectivity index (χ4v) is 4.69. The highest BCUT2D eigenvalue weighted by atomic mass is 79.9. The molecule has 0 nitrogen and oxygen atoms in total. The highest BCUT2D eigenvalue weighted by Crippen LogP contribution is 2.54. The van der Waals surface area contributed by atoms with Crippen molar-refractivity contribution in [2.75, 3.05) is 6.16 Å². The minimum absolute atomic E-state index is 0.107. The van der Waals surface area contributed by atoms with Crippen molar-refractivity contribution in [3.8, 4) is 0 Å².